The smallest absolute Gasteiger partial charge is 0.490 e. The van der Waals surface area contributed by atoms with Gasteiger partial charge in [0.1, 0.15) is 11.9 Å². The van der Waals surface area contributed by atoms with Crippen molar-refractivity contribution in [2.45, 2.75) is 57.8 Å². The van der Waals surface area contributed by atoms with Gasteiger partial charge in [-0.1, -0.05) is 12.1 Å². The summed E-state index contributed by atoms with van der Waals surface area (Å²) >= 11 is 0. The molecule has 1 aromatic rings. The first-order valence-electron chi connectivity index (χ1n) is 9.68. The van der Waals surface area contributed by atoms with E-state index in [-0.39, 0.29) is 6.10 Å². The van der Waals surface area contributed by atoms with Crippen LogP contribution in [-0.2, 0) is 9.39 Å². The number of methoxy groups -OCH3 is 1. The van der Waals surface area contributed by atoms with Crippen LogP contribution in [0.1, 0.15) is 40.5 Å². The Morgan fingerprint density at radius 2 is 1.70 bits per heavy atom. The van der Waals surface area contributed by atoms with Crippen molar-refractivity contribution in [2.24, 2.45) is 0 Å². The van der Waals surface area contributed by atoms with Crippen LogP contribution in [0.25, 0.3) is 0 Å². The molecule has 7 heteroatoms. The van der Waals surface area contributed by atoms with E-state index in [4.69, 9.17) is 14.1 Å². The van der Waals surface area contributed by atoms with Crippen molar-refractivity contribution in [1.29, 1.82) is 0 Å². The maximum Gasteiger partial charge on any atom is 0.491 e. The van der Waals surface area contributed by atoms with Crippen LogP contribution >= 0.6 is 0 Å². The largest absolute Gasteiger partial charge is 0.491 e. The molecule has 0 aliphatic carbocycles. The van der Waals surface area contributed by atoms with Crippen molar-refractivity contribution in [1.82, 2.24) is 4.90 Å². The summed E-state index contributed by atoms with van der Waals surface area (Å²) in [5.74, 6) is 0.794. The Morgan fingerprint density at radius 1 is 1.11 bits per heavy atom. The lowest BCUT2D eigenvalue weighted by Gasteiger charge is -2.38. The molecule has 27 heavy (non-hydrogen) atoms. The topological polar surface area (TPSA) is 71.4 Å². The number of rotatable bonds is 9. The van der Waals surface area contributed by atoms with Crippen molar-refractivity contribution in [3.05, 3.63) is 24.3 Å². The Hall–Kier alpha value is -1.12. The van der Waals surface area contributed by atoms with Crippen molar-refractivity contribution in [3.8, 4) is 5.75 Å². The van der Waals surface area contributed by atoms with Crippen LogP contribution < -0.4 is 10.2 Å². The summed E-state index contributed by atoms with van der Waals surface area (Å²) in [7, 11) is 0.622. The minimum atomic E-state index is -1.11. The molecule has 0 amide bonds. The third-order valence-electron chi connectivity index (χ3n) is 5.49. The molecule has 2 N–H and O–H groups in total. The van der Waals surface area contributed by atoms with Gasteiger partial charge in [0.25, 0.3) is 0 Å². The van der Waals surface area contributed by atoms with Gasteiger partial charge in [0.15, 0.2) is 0 Å². The summed E-state index contributed by atoms with van der Waals surface area (Å²) in [6.07, 6.45) is 2.21. The van der Waals surface area contributed by atoms with Gasteiger partial charge in [-0.25, -0.2) is 0 Å². The number of hydrogen-bond acceptors (Lipinski definition) is 6. The third-order valence-corrected chi connectivity index (χ3v) is 5.49. The number of hydrogen-bond donors (Lipinski definition) is 2. The number of piperidine rings is 1. The van der Waals surface area contributed by atoms with Crippen molar-refractivity contribution >= 4 is 12.6 Å². The van der Waals surface area contributed by atoms with E-state index in [9.17, 15) is 10.1 Å². The molecule has 0 spiro atoms. The van der Waals surface area contributed by atoms with Gasteiger partial charge < -0.3 is 29.2 Å². The highest BCUT2D eigenvalue weighted by atomic mass is 16.5. The molecule has 0 aromatic heterocycles. The number of ether oxygens (including phenoxy) is 2. The lowest BCUT2D eigenvalue weighted by molar-refractivity contribution is -0.0982. The summed E-state index contributed by atoms with van der Waals surface area (Å²) in [5.41, 5.74) is -1.33. The summed E-state index contributed by atoms with van der Waals surface area (Å²) in [5, 5.41) is 20.5. The second kappa shape index (κ2) is 9.39. The highest BCUT2D eigenvalue weighted by Crippen LogP contribution is 2.25. The summed E-state index contributed by atoms with van der Waals surface area (Å²) in [6, 6.07) is 7.31. The van der Waals surface area contributed by atoms with Crippen molar-refractivity contribution < 1.29 is 24.3 Å². The average molecular weight is 379 g/mol. The fourth-order valence-corrected chi connectivity index (χ4v) is 2.87. The van der Waals surface area contributed by atoms with Gasteiger partial charge in [-0.2, -0.15) is 0 Å². The third kappa shape index (κ3) is 6.47. The Kier molecular flexibility index (Phi) is 7.71. The van der Waals surface area contributed by atoms with Gasteiger partial charge in [-0.3, -0.25) is 0 Å². The lowest BCUT2D eigenvalue weighted by atomic mass is 9.76. The zero-order valence-electron chi connectivity index (χ0n) is 17.3. The molecule has 1 fully saturated rings. The summed E-state index contributed by atoms with van der Waals surface area (Å²) < 4.78 is 16.9. The molecular formula is C20H34BNO5. The van der Waals surface area contributed by atoms with E-state index in [1.807, 2.05) is 12.1 Å². The van der Waals surface area contributed by atoms with Gasteiger partial charge in [0.05, 0.1) is 17.8 Å². The molecule has 0 saturated carbocycles. The van der Waals surface area contributed by atoms with Gasteiger partial charge in [0, 0.05) is 26.7 Å². The molecule has 1 aliphatic heterocycles. The summed E-state index contributed by atoms with van der Waals surface area (Å²) in [6.45, 7) is 10.6. The summed E-state index contributed by atoms with van der Waals surface area (Å²) in [4.78, 5) is 2.39. The quantitative estimate of drug-likeness (QED) is 0.633. The van der Waals surface area contributed by atoms with Crippen LogP contribution in [0.3, 0.4) is 0 Å². The highest BCUT2D eigenvalue weighted by Gasteiger charge is 2.39. The highest BCUT2D eigenvalue weighted by molar-refractivity contribution is 6.60. The van der Waals surface area contributed by atoms with Crippen LogP contribution in [0, 0.1) is 0 Å². The molecule has 6 nitrogen and oxygen atoms in total. The van der Waals surface area contributed by atoms with Gasteiger partial charge in [-0.05, 0) is 58.1 Å². The van der Waals surface area contributed by atoms with E-state index in [0.717, 1.165) is 44.8 Å². The van der Waals surface area contributed by atoms with E-state index in [1.54, 1.807) is 46.9 Å². The Bertz CT molecular complexity index is 565. The minimum absolute atomic E-state index is 0.213. The normalized spacial score (nSPS) is 17.1. The number of likely N-dealkylation sites (tertiary alicyclic amines) is 1. The van der Waals surface area contributed by atoms with Crippen molar-refractivity contribution in [2.75, 3.05) is 33.4 Å². The zero-order valence-corrected chi connectivity index (χ0v) is 17.3. The molecule has 152 valence electrons. The standard InChI is InChI=1S/C20H34BNO5/c1-19(2,23)20(3,4)27-21(24)16-6-8-17(9-7-16)26-18-10-12-22(13-11-18)14-15-25-5/h6-9,18,23-24H,10-15H2,1-5H3. The van der Waals surface area contributed by atoms with E-state index in [1.165, 1.54) is 0 Å². The Morgan fingerprint density at radius 3 is 2.22 bits per heavy atom. The van der Waals surface area contributed by atoms with E-state index >= 15 is 0 Å². The second-order valence-corrected chi connectivity index (χ2v) is 8.26. The minimum Gasteiger partial charge on any atom is -0.490 e. The van der Waals surface area contributed by atoms with Crippen LogP contribution in [-0.4, -0.2) is 72.8 Å². The number of nitrogens with zero attached hydrogens (tertiary/aromatic N) is 1. The van der Waals surface area contributed by atoms with E-state index < -0.39 is 18.3 Å². The monoisotopic (exact) mass is 379 g/mol. The molecule has 1 aliphatic rings. The maximum atomic E-state index is 10.3. The molecular weight excluding hydrogens is 345 g/mol. The van der Waals surface area contributed by atoms with Crippen molar-refractivity contribution in [3.63, 3.8) is 0 Å². The molecule has 0 atom stereocenters. The molecule has 2 rings (SSSR count). The SMILES string of the molecule is COCCN1CCC(Oc2ccc(B(O)OC(C)(C)C(C)(C)O)cc2)CC1. The van der Waals surface area contributed by atoms with Crippen LogP contribution in [0.2, 0.25) is 0 Å². The van der Waals surface area contributed by atoms with Gasteiger partial charge >= 0.3 is 7.12 Å². The van der Waals surface area contributed by atoms with E-state index in [2.05, 4.69) is 4.90 Å². The van der Waals surface area contributed by atoms with E-state index in [0.29, 0.717) is 5.46 Å². The molecule has 1 saturated heterocycles. The first-order valence-corrected chi connectivity index (χ1v) is 9.68. The van der Waals surface area contributed by atoms with Crippen LogP contribution in [0.4, 0.5) is 0 Å². The van der Waals surface area contributed by atoms with Crippen LogP contribution in [0.15, 0.2) is 24.3 Å². The number of benzene rings is 1. The zero-order chi connectivity index (χ0) is 20.1. The molecule has 0 bridgehead atoms. The predicted molar refractivity (Wildman–Crippen MR) is 107 cm³/mol. The fourth-order valence-electron chi connectivity index (χ4n) is 2.87. The fraction of sp³-hybridized carbons (Fsp3) is 0.700. The lowest BCUT2D eigenvalue weighted by Crippen LogP contribution is -2.53. The first kappa shape index (κ1) is 22.2. The van der Waals surface area contributed by atoms with Gasteiger partial charge in [0.2, 0.25) is 0 Å². The van der Waals surface area contributed by atoms with Gasteiger partial charge in [-0.15, -0.1) is 0 Å². The van der Waals surface area contributed by atoms with Crippen LogP contribution in [0.5, 0.6) is 5.75 Å². The molecule has 1 heterocycles. The molecule has 1 aromatic carbocycles. The number of aliphatic hydroxyl groups is 1. The second-order valence-electron chi connectivity index (χ2n) is 8.26. The molecule has 0 unspecified atom stereocenters. The Labute approximate surface area is 163 Å². The average Bonchev–Trinajstić information content (AvgIpc) is 2.60. The molecule has 0 radical (unpaired) electrons. The predicted octanol–water partition coefficient (Wildman–Crippen LogP) is 1.43. The first-order chi connectivity index (χ1) is 12.6. The maximum absolute atomic E-state index is 10.3. The Balaban J connectivity index is 1.85.